The Morgan fingerprint density at radius 3 is 1.06 bits per heavy atom. The summed E-state index contributed by atoms with van der Waals surface area (Å²) < 4.78 is 82.7. The van der Waals surface area contributed by atoms with Crippen molar-refractivity contribution >= 4 is 43.1 Å². The highest BCUT2D eigenvalue weighted by atomic mass is 19.4. The first-order valence-electron chi connectivity index (χ1n) is 15.4. The van der Waals surface area contributed by atoms with Gasteiger partial charge in [-0.3, -0.25) is 0 Å². The van der Waals surface area contributed by atoms with E-state index in [9.17, 15) is 26.3 Å². The van der Waals surface area contributed by atoms with E-state index >= 15 is 0 Å². The lowest BCUT2D eigenvalue weighted by molar-refractivity contribution is -0.138. The fourth-order valence-corrected chi connectivity index (χ4v) is 7.69. The molecule has 9 rings (SSSR count). The number of alkyl halides is 6. The van der Waals surface area contributed by atoms with Crippen LogP contribution in [0.5, 0.6) is 0 Å². The highest BCUT2D eigenvalue weighted by Gasteiger charge is 2.35. The number of hydrogen-bond donors (Lipinski definition) is 0. The smallest absolute Gasteiger partial charge is 0.166 e. The van der Waals surface area contributed by atoms with E-state index < -0.39 is 23.5 Å². The zero-order valence-corrected chi connectivity index (χ0v) is 25.0. The Kier molecular flexibility index (Phi) is 5.92. The van der Waals surface area contributed by atoms with Crippen molar-refractivity contribution in [3.8, 4) is 44.5 Å². The maximum Gasteiger partial charge on any atom is 0.416 e. The fourth-order valence-electron chi connectivity index (χ4n) is 7.69. The van der Waals surface area contributed by atoms with Crippen LogP contribution in [0.1, 0.15) is 11.1 Å². The minimum Gasteiger partial charge on any atom is -0.166 e. The molecule has 8 aromatic rings. The molecule has 0 nitrogen and oxygen atoms in total. The van der Waals surface area contributed by atoms with Gasteiger partial charge in [-0.05, 0) is 112 Å². The largest absolute Gasteiger partial charge is 0.416 e. The van der Waals surface area contributed by atoms with Crippen molar-refractivity contribution in [3.05, 3.63) is 145 Å². The van der Waals surface area contributed by atoms with Crippen molar-refractivity contribution in [2.45, 2.75) is 12.4 Å². The molecule has 0 spiro atoms. The van der Waals surface area contributed by atoms with E-state index in [0.29, 0.717) is 11.1 Å². The minimum atomic E-state index is -4.50. The van der Waals surface area contributed by atoms with Gasteiger partial charge in [-0.25, -0.2) is 0 Å². The van der Waals surface area contributed by atoms with Crippen molar-refractivity contribution in [2.24, 2.45) is 0 Å². The third-order valence-electron chi connectivity index (χ3n) is 9.63. The summed E-state index contributed by atoms with van der Waals surface area (Å²) in [7, 11) is 0. The molecule has 0 N–H and O–H groups in total. The van der Waals surface area contributed by atoms with E-state index in [1.165, 1.54) is 24.3 Å². The van der Waals surface area contributed by atoms with Crippen molar-refractivity contribution in [2.75, 3.05) is 0 Å². The molecule has 0 radical (unpaired) electrons. The van der Waals surface area contributed by atoms with E-state index in [1.807, 2.05) is 84.9 Å². The summed E-state index contributed by atoms with van der Waals surface area (Å²) in [6.07, 6.45) is -9.00. The van der Waals surface area contributed by atoms with Gasteiger partial charge in [0, 0.05) is 0 Å². The number of benzene rings is 8. The lowest BCUT2D eigenvalue weighted by Crippen LogP contribution is -2.04. The van der Waals surface area contributed by atoms with Crippen LogP contribution >= 0.6 is 0 Å². The normalized spacial score (nSPS) is 12.8. The molecule has 0 atom stereocenters. The van der Waals surface area contributed by atoms with Gasteiger partial charge in [-0.15, -0.1) is 0 Å². The summed E-state index contributed by atoms with van der Waals surface area (Å²) in [6.45, 7) is 0. The molecule has 0 amide bonds. The van der Waals surface area contributed by atoms with Gasteiger partial charge in [0.2, 0.25) is 0 Å². The van der Waals surface area contributed by atoms with Crippen LogP contribution in [-0.2, 0) is 12.4 Å². The molecular weight excluding hydrogens is 618 g/mol. The molecule has 232 valence electrons. The third-order valence-corrected chi connectivity index (χ3v) is 9.63. The maximum atomic E-state index is 13.8. The van der Waals surface area contributed by atoms with E-state index in [2.05, 4.69) is 0 Å². The second kappa shape index (κ2) is 9.94. The predicted octanol–water partition coefficient (Wildman–Crippen LogP) is 13.3. The quantitative estimate of drug-likeness (QED) is 0.130. The molecule has 1 aliphatic carbocycles. The Bertz CT molecular complexity index is 2430. The molecule has 0 heterocycles. The molecule has 0 saturated carbocycles. The van der Waals surface area contributed by atoms with Gasteiger partial charge >= 0.3 is 12.4 Å². The summed E-state index contributed by atoms with van der Waals surface area (Å²) >= 11 is 0. The van der Waals surface area contributed by atoms with Crippen molar-refractivity contribution < 1.29 is 26.3 Å². The van der Waals surface area contributed by atoms with Crippen LogP contribution in [0.3, 0.4) is 0 Å². The lowest BCUT2D eigenvalue weighted by Gasteiger charge is -2.24. The SMILES string of the molecule is FC(F)(F)c1ccc(-c2c3c(c(-c4ccc(C(F)(F)F)cc4)c4c5ccccc5c5ccccc5c24)-c2cccc4cccc-3c24)cc1. The Hall–Kier alpha value is -5.62. The summed E-state index contributed by atoms with van der Waals surface area (Å²) in [5, 5.41) is 7.42. The fraction of sp³-hybridized carbons (Fsp3) is 0.0476. The highest BCUT2D eigenvalue weighted by Crippen LogP contribution is 2.59. The van der Waals surface area contributed by atoms with Gasteiger partial charge in [-0.1, -0.05) is 109 Å². The highest BCUT2D eigenvalue weighted by molar-refractivity contribution is 6.37. The van der Waals surface area contributed by atoms with Crippen molar-refractivity contribution in [3.63, 3.8) is 0 Å². The Morgan fingerprint density at radius 2 is 0.688 bits per heavy atom. The lowest BCUT2D eigenvalue weighted by atomic mass is 9.79. The standard InChI is InChI=1S/C42H22F6/c43-41(44,45)26-19-15-24(16-20-26)35-37-30-11-3-1-9-28(30)29-10-2-4-12-31(29)38(37)36(25-17-21-27(22-18-25)42(46,47)48)40-33-14-6-8-23-7-5-13-32(34(23)33)39(35)40/h1-22H. The molecular formula is C42H22F6. The molecule has 8 aromatic carbocycles. The topological polar surface area (TPSA) is 0 Å². The van der Waals surface area contributed by atoms with E-state index in [-0.39, 0.29) is 0 Å². The number of fused-ring (bicyclic) bond motifs is 9. The van der Waals surface area contributed by atoms with Crippen LogP contribution in [0.2, 0.25) is 0 Å². The van der Waals surface area contributed by atoms with Gasteiger partial charge in [0.05, 0.1) is 11.1 Å². The van der Waals surface area contributed by atoms with Gasteiger partial charge in [0.15, 0.2) is 0 Å². The van der Waals surface area contributed by atoms with Gasteiger partial charge in [-0.2, -0.15) is 26.3 Å². The second-order valence-corrected chi connectivity index (χ2v) is 12.2. The molecule has 1 aliphatic rings. The third kappa shape index (κ3) is 4.05. The number of hydrogen-bond acceptors (Lipinski definition) is 0. The van der Waals surface area contributed by atoms with Crippen molar-refractivity contribution in [1.29, 1.82) is 0 Å². The molecule has 48 heavy (non-hydrogen) atoms. The summed E-state index contributed by atoms with van der Waals surface area (Å²) in [4.78, 5) is 0. The second-order valence-electron chi connectivity index (χ2n) is 12.2. The van der Waals surface area contributed by atoms with Crippen LogP contribution in [0.15, 0.2) is 133 Å². The van der Waals surface area contributed by atoms with Crippen LogP contribution in [0.25, 0.3) is 87.6 Å². The average molecular weight is 641 g/mol. The Balaban J connectivity index is 1.56. The first-order valence-corrected chi connectivity index (χ1v) is 15.4. The molecule has 0 unspecified atom stereocenters. The number of rotatable bonds is 2. The van der Waals surface area contributed by atoms with Crippen molar-refractivity contribution in [1.82, 2.24) is 0 Å². The molecule has 0 bridgehead atoms. The Labute approximate surface area is 270 Å². The zero-order valence-electron chi connectivity index (χ0n) is 25.0. The van der Waals surface area contributed by atoms with E-state index in [1.54, 1.807) is 0 Å². The van der Waals surface area contributed by atoms with Gasteiger partial charge in [0.25, 0.3) is 0 Å². The maximum absolute atomic E-state index is 13.8. The summed E-state index contributed by atoms with van der Waals surface area (Å²) in [6, 6.07) is 38.5. The minimum absolute atomic E-state index is 0.619. The predicted molar refractivity (Wildman–Crippen MR) is 182 cm³/mol. The average Bonchev–Trinajstić information content (AvgIpc) is 3.42. The van der Waals surface area contributed by atoms with Crippen LogP contribution in [0.4, 0.5) is 26.3 Å². The first kappa shape index (κ1) is 28.6. The van der Waals surface area contributed by atoms with Crippen LogP contribution < -0.4 is 0 Å². The molecule has 6 heteroatoms. The summed E-state index contributed by atoms with van der Waals surface area (Å²) in [5.74, 6) is 0. The molecule has 0 saturated heterocycles. The van der Waals surface area contributed by atoms with Gasteiger partial charge < -0.3 is 0 Å². The van der Waals surface area contributed by atoms with Crippen LogP contribution in [-0.4, -0.2) is 0 Å². The van der Waals surface area contributed by atoms with E-state index in [0.717, 1.165) is 101 Å². The molecule has 0 fully saturated rings. The van der Waals surface area contributed by atoms with Crippen LogP contribution in [0, 0.1) is 0 Å². The van der Waals surface area contributed by atoms with E-state index in [4.69, 9.17) is 0 Å². The van der Waals surface area contributed by atoms with Gasteiger partial charge in [0.1, 0.15) is 0 Å². The first-order chi connectivity index (χ1) is 23.1. The molecule has 0 aliphatic heterocycles. The summed E-state index contributed by atoms with van der Waals surface area (Å²) in [5.41, 5.74) is 4.89. The Morgan fingerprint density at radius 1 is 0.312 bits per heavy atom. The monoisotopic (exact) mass is 640 g/mol. The number of halogens is 6. The zero-order chi connectivity index (χ0) is 32.9. The molecule has 0 aromatic heterocycles.